The average Bonchev–Trinajstić information content (AvgIpc) is 3.09. The zero-order chi connectivity index (χ0) is 17.4. The van der Waals surface area contributed by atoms with E-state index >= 15 is 0 Å². The summed E-state index contributed by atoms with van der Waals surface area (Å²) in [5.41, 5.74) is 4.54. The molecule has 2 aliphatic heterocycles. The Bertz CT molecular complexity index is 863. The van der Waals surface area contributed by atoms with E-state index in [9.17, 15) is 0 Å². The Morgan fingerprint density at radius 2 is 1.92 bits per heavy atom. The van der Waals surface area contributed by atoms with Crippen LogP contribution in [0, 0.1) is 0 Å². The summed E-state index contributed by atoms with van der Waals surface area (Å²) in [5.74, 6) is 3.02. The molecule has 0 unspecified atom stereocenters. The standard InChI is InChI=1S/C19H18BrNO4/c1-22-15-4-3-12(18(20)19(15)23-2)7-14-13-9-17-16(24-10-25-17)8-11(13)5-6-21-14/h3-4,8-9H,5-7,10H2,1-2H3. The zero-order valence-corrected chi connectivity index (χ0v) is 15.7. The number of methoxy groups -OCH3 is 2. The van der Waals surface area contributed by atoms with E-state index in [0.29, 0.717) is 17.9 Å². The van der Waals surface area contributed by atoms with Gasteiger partial charge in [0.05, 0.1) is 18.7 Å². The van der Waals surface area contributed by atoms with Gasteiger partial charge < -0.3 is 18.9 Å². The summed E-state index contributed by atoms with van der Waals surface area (Å²) in [5, 5.41) is 0. The molecule has 0 saturated carbocycles. The molecule has 6 heteroatoms. The predicted octanol–water partition coefficient (Wildman–Crippen LogP) is 3.78. The molecule has 0 amide bonds. The third kappa shape index (κ3) is 2.84. The number of nitrogens with zero attached hydrogens (tertiary/aromatic N) is 1. The lowest BCUT2D eigenvalue weighted by Crippen LogP contribution is -2.15. The van der Waals surface area contributed by atoms with E-state index in [0.717, 1.165) is 45.8 Å². The first kappa shape index (κ1) is 16.3. The van der Waals surface area contributed by atoms with Gasteiger partial charge in [-0.15, -0.1) is 0 Å². The van der Waals surface area contributed by atoms with Crippen molar-refractivity contribution in [2.45, 2.75) is 12.8 Å². The van der Waals surface area contributed by atoms with E-state index in [-0.39, 0.29) is 6.79 Å². The topological polar surface area (TPSA) is 49.3 Å². The Balaban J connectivity index is 1.70. The van der Waals surface area contributed by atoms with Crippen LogP contribution in [-0.2, 0) is 12.8 Å². The van der Waals surface area contributed by atoms with E-state index in [1.54, 1.807) is 14.2 Å². The van der Waals surface area contributed by atoms with Crippen molar-refractivity contribution in [1.82, 2.24) is 0 Å². The van der Waals surface area contributed by atoms with Gasteiger partial charge in [0.25, 0.3) is 0 Å². The minimum atomic E-state index is 0.284. The number of fused-ring (bicyclic) bond motifs is 2. The van der Waals surface area contributed by atoms with Crippen molar-refractivity contribution in [3.05, 3.63) is 45.4 Å². The second-order valence-electron chi connectivity index (χ2n) is 5.89. The third-order valence-corrected chi connectivity index (χ3v) is 5.39. The SMILES string of the molecule is COc1ccc(CC2=NCCc3cc4c(cc32)OCO4)c(Br)c1OC. The molecule has 130 valence electrons. The second kappa shape index (κ2) is 6.59. The van der Waals surface area contributed by atoms with Crippen molar-refractivity contribution in [2.24, 2.45) is 4.99 Å². The highest BCUT2D eigenvalue weighted by Crippen LogP contribution is 2.40. The van der Waals surface area contributed by atoms with Crippen molar-refractivity contribution >= 4 is 21.6 Å². The molecule has 0 aromatic heterocycles. The van der Waals surface area contributed by atoms with Gasteiger partial charge in [0.15, 0.2) is 23.0 Å². The number of benzene rings is 2. The van der Waals surface area contributed by atoms with Crippen LogP contribution in [0.2, 0.25) is 0 Å². The van der Waals surface area contributed by atoms with Gasteiger partial charge >= 0.3 is 0 Å². The van der Waals surface area contributed by atoms with Crippen molar-refractivity contribution in [1.29, 1.82) is 0 Å². The Labute approximate surface area is 154 Å². The molecule has 0 radical (unpaired) electrons. The average molecular weight is 404 g/mol. The summed E-state index contributed by atoms with van der Waals surface area (Å²) >= 11 is 3.64. The predicted molar refractivity (Wildman–Crippen MR) is 98.6 cm³/mol. The van der Waals surface area contributed by atoms with Crippen LogP contribution < -0.4 is 18.9 Å². The summed E-state index contributed by atoms with van der Waals surface area (Å²) < 4.78 is 22.7. The minimum Gasteiger partial charge on any atom is -0.493 e. The number of aliphatic imine (C=N–C) groups is 1. The molecule has 2 aliphatic rings. The zero-order valence-electron chi connectivity index (χ0n) is 14.1. The highest BCUT2D eigenvalue weighted by atomic mass is 79.9. The van der Waals surface area contributed by atoms with Gasteiger partial charge in [0.1, 0.15) is 0 Å². The molecule has 5 nitrogen and oxygen atoms in total. The highest BCUT2D eigenvalue weighted by molar-refractivity contribution is 9.10. The molecule has 0 spiro atoms. The fraction of sp³-hybridized carbons (Fsp3) is 0.316. The molecule has 0 atom stereocenters. The van der Waals surface area contributed by atoms with Crippen molar-refractivity contribution in [2.75, 3.05) is 27.6 Å². The monoisotopic (exact) mass is 403 g/mol. The van der Waals surface area contributed by atoms with Crippen LogP contribution in [-0.4, -0.2) is 33.3 Å². The van der Waals surface area contributed by atoms with Crippen LogP contribution >= 0.6 is 15.9 Å². The molecule has 0 bridgehead atoms. The summed E-state index contributed by atoms with van der Waals surface area (Å²) in [6.07, 6.45) is 1.62. The molecule has 4 rings (SSSR count). The van der Waals surface area contributed by atoms with E-state index in [4.69, 9.17) is 23.9 Å². The fourth-order valence-electron chi connectivity index (χ4n) is 3.25. The molecule has 0 aliphatic carbocycles. The first-order valence-corrected chi connectivity index (χ1v) is 8.86. The van der Waals surface area contributed by atoms with Gasteiger partial charge in [-0.25, -0.2) is 0 Å². The molecule has 2 heterocycles. The third-order valence-electron chi connectivity index (χ3n) is 4.52. The summed E-state index contributed by atoms with van der Waals surface area (Å²) in [7, 11) is 3.27. The van der Waals surface area contributed by atoms with Crippen LogP contribution in [0.5, 0.6) is 23.0 Å². The van der Waals surface area contributed by atoms with Crippen LogP contribution in [0.1, 0.15) is 16.7 Å². The molecule has 0 saturated heterocycles. The van der Waals surface area contributed by atoms with Gasteiger partial charge in [-0.3, -0.25) is 4.99 Å². The summed E-state index contributed by atoms with van der Waals surface area (Å²) in [6.45, 7) is 1.07. The van der Waals surface area contributed by atoms with Crippen LogP contribution in [0.15, 0.2) is 33.7 Å². The molecule has 2 aromatic carbocycles. The van der Waals surface area contributed by atoms with E-state index in [1.807, 2.05) is 18.2 Å². The Kier molecular flexibility index (Phi) is 4.29. The van der Waals surface area contributed by atoms with E-state index in [2.05, 4.69) is 22.0 Å². The maximum Gasteiger partial charge on any atom is 0.231 e. The van der Waals surface area contributed by atoms with Crippen molar-refractivity contribution < 1.29 is 18.9 Å². The second-order valence-corrected chi connectivity index (χ2v) is 6.68. The van der Waals surface area contributed by atoms with Crippen molar-refractivity contribution in [3.8, 4) is 23.0 Å². The van der Waals surface area contributed by atoms with Gasteiger partial charge in [0.2, 0.25) is 6.79 Å². The normalized spacial score (nSPS) is 14.8. The van der Waals surface area contributed by atoms with Gasteiger partial charge in [-0.2, -0.15) is 0 Å². The summed E-state index contributed by atoms with van der Waals surface area (Å²) in [4.78, 5) is 4.76. The van der Waals surface area contributed by atoms with E-state index in [1.165, 1.54) is 5.56 Å². The van der Waals surface area contributed by atoms with E-state index < -0.39 is 0 Å². The van der Waals surface area contributed by atoms with Gasteiger partial charge in [-0.1, -0.05) is 6.07 Å². The lowest BCUT2D eigenvalue weighted by Gasteiger charge is -2.19. The molecular formula is C19H18BrNO4. The van der Waals surface area contributed by atoms with Crippen LogP contribution in [0.4, 0.5) is 0 Å². The molecule has 0 N–H and O–H groups in total. The molecule has 0 fully saturated rings. The first-order valence-electron chi connectivity index (χ1n) is 8.07. The number of rotatable bonds is 4. The Morgan fingerprint density at radius 1 is 1.12 bits per heavy atom. The smallest absolute Gasteiger partial charge is 0.231 e. The van der Waals surface area contributed by atoms with Crippen LogP contribution in [0.25, 0.3) is 0 Å². The number of ether oxygens (including phenoxy) is 4. The highest BCUT2D eigenvalue weighted by Gasteiger charge is 2.23. The number of hydrogen-bond donors (Lipinski definition) is 0. The Morgan fingerprint density at radius 3 is 2.68 bits per heavy atom. The lowest BCUT2D eigenvalue weighted by atomic mass is 9.93. The van der Waals surface area contributed by atoms with Crippen LogP contribution in [0.3, 0.4) is 0 Å². The maximum atomic E-state index is 5.53. The molecular weight excluding hydrogens is 386 g/mol. The van der Waals surface area contributed by atoms with Crippen molar-refractivity contribution in [3.63, 3.8) is 0 Å². The minimum absolute atomic E-state index is 0.284. The fourth-order valence-corrected chi connectivity index (χ4v) is 3.88. The number of hydrogen-bond acceptors (Lipinski definition) is 5. The largest absolute Gasteiger partial charge is 0.493 e. The molecule has 25 heavy (non-hydrogen) atoms. The first-order chi connectivity index (χ1) is 12.2. The number of halogens is 1. The molecule has 2 aromatic rings. The summed E-state index contributed by atoms with van der Waals surface area (Å²) in [6, 6.07) is 8.08. The quantitative estimate of drug-likeness (QED) is 0.779. The van der Waals surface area contributed by atoms with Gasteiger partial charge in [0, 0.05) is 24.2 Å². The Hall–Kier alpha value is -2.21. The lowest BCUT2D eigenvalue weighted by molar-refractivity contribution is 0.174. The maximum absolute atomic E-state index is 5.53. The van der Waals surface area contributed by atoms with Gasteiger partial charge in [-0.05, 0) is 51.7 Å².